The molecular weight excluding hydrogens is 376 g/mol. The van der Waals surface area contributed by atoms with Gasteiger partial charge in [0.1, 0.15) is 5.69 Å². The molecule has 1 amide bonds. The summed E-state index contributed by atoms with van der Waals surface area (Å²) in [6.07, 6.45) is 9.78. The summed E-state index contributed by atoms with van der Waals surface area (Å²) in [5, 5.41) is 2.75. The number of anilines is 2. The molecule has 6 nitrogen and oxygen atoms in total. The second-order valence-electron chi connectivity index (χ2n) is 7.62. The number of rotatable bonds is 5. The number of hydrogen-bond donors (Lipinski definition) is 2. The zero-order valence-electron chi connectivity index (χ0n) is 17.1. The molecule has 154 valence electrons. The van der Waals surface area contributed by atoms with Crippen LogP contribution in [-0.2, 0) is 6.42 Å². The summed E-state index contributed by atoms with van der Waals surface area (Å²) in [4.78, 5) is 34.3. The molecule has 0 unspecified atom stereocenters. The van der Waals surface area contributed by atoms with Gasteiger partial charge < -0.3 is 15.2 Å². The SMILES string of the molecule is CCc1cncc(-c2c[nH]c(=O)c(NC(=O)c3ccc(N4CCCCC4)cc3)c2)c1. The molecule has 0 radical (unpaired) electrons. The second-order valence-corrected chi connectivity index (χ2v) is 7.62. The van der Waals surface area contributed by atoms with Crippen LogP contribution in [0, 0.1) is 0 Å². The lowest BCUT2D eigenvalue weighted by Gasteiger charge is -2.28. The summed E-state index contributed by atoms with van der Waals surface area (Å²) < 4.78 is 0. The van der Waals surface area contributed by atoms with Crippen LogP contribution in [0.4, 0.5) is 11.4 Å². The molecule has 0 bridgehead atoms. The van der Waals surface area contributed by atoms with Gasteiger partial charge in [0.2, 0.25) is 0 Å². The van der Waals surface area contributed by atoms with Gasteiger partial charge in [-0.05, 0) is 67.6 Å². The minimum absolute atomic E-state index is 0.222. The molecule has 30 heavy (non-hydrogen) atoms. The van der Waals surface area contributed by atoms with Gasteiger partial charge in [-0.15, -0.1) is 0 Å². The summed E-state index contributed by atoms with van der Waals surface area (Å²) in [5.74, 6) is -0.303. The highest BCUT2D eigenvalue weighted by Crippen LogP contribution is 2.22. The van der Waals surface area contributed by atoms with E-state index in [2.05, 4.69) is 27.1 Å². The fourth-order valence-electron chi connectivity index (χ4n) is 3.75. The third-order valence-corrected chi connectivity index (χ3v) is 5.54. The monoisotopic (exact) mass is 402 g/mol. The summed E-state index contributed by atoms with van der Waals surface area (Å²) in [7, 11) is 0. The number of pyridine rings is 2. The third kappa shape index (κ3) is 4.43. The predicted molar refractivity (Wildman–Crippen MR) is 120 cm³/mol. The van der Waals surface area contributed by atoms with Gasteiger partial charge >= 0.3 is 0 Å². The van der Waals surface area contributed by atoms with Crippen molar-refractivity contribution in [3.05, 3.63) is 76.5 Å². The largest absolute Gasteiger partial charge is 0.372 e. The molecule has 0 saturated carbocycles. The number of amides is 1. The van der Waals surface area contributed by atoms with E-state index < -0.39 is 0 Å². The van der Waals surface area contributed by atoms with Crippen LogP contribution < -0.4 is 15.8 Å². The summed E-state index contributed by atoms with van der Waals surface area (Å²) in [6.45, 7) is 4.18. The minimum atomic E-state index is -0.336. The van der Waals surface area contributed by atoms with E-state index in [0.717, 1.165) is 41.9 Å². The first-order valence-electron chi connectivity index (χ1n) is 10.5. The van der Waals surface area contributed by atoms with Crippen LogP contribution in [0.5, 0.6) is 0 Å². The number of aryl methyl sites for hydroxylation is 1. The lowest BCUT2D eigenvalue weighted by Crippen LogP contribution is -2.29. The summed E-state index contributed by atoms with van der Waals surface area (Å²) >= 11 is 0. The number of piperidine rings is 1. The Morgan fingerprint density at radius 2 is 1.83 bits per heavy atom. The maximum atomic E-state index is 12.7. The topological polar surface area (TPSA) is 78.1 Å². The average Bonchev–Trinajstić information content (AvgIpc) is 2.81. The van der Waals surface area contributed by atoms with E-state index in [1.165, 1.54) is 19.3 Å². The van der Waals surface area contributed by atoms with Gasteiger partial charge in [0, 0.05) is 54.1 Å². The first kappa shape index (κ1) is 19.9. The molecule has 0 spiro atoms. The number of nitrogens with one attached hydrogen (secondary N) is 2. The van der Waals surface area contributed by atoms with Crippen molar-refractivity contribution in [2.75, 3.05) is 23.3 Å². The number of aromatic amines is 1. The zero-order valence-corrected chi connectivity index (χ0v) is 17.1. The molecule has 3 aromatic rings. The van der Waals surface area contributed by atoms with E-state index >= 15 is 0 Å². The molecule has 0 aliphatic carbocycles. The molecule has 1 fully saturated rings. The first-order valence-corrected chi connectivity index (χ1v) is 10.5. The smallest absolute Gasteiger partial charge is 0.271 e. The van der Waals surface area contributed by atoms with Gasteiger partial charge in [0.05, 0.1) is 0 Å². The summed E-state index contributed by atoms with van der Waals surface area (Å²) in [6, 6.07) is 11.3. The highest BCUT2D eigenvalue weighted by molar-refractivity contribution is 6.04. The third-order valence-electron chi connectivity index (χ3n) is 5.54. The van der Waals surface area contributed by atoms with Crippen molar-refractivity contribution in [3.63, 3.8) is 0 Å². The highest BCUT2D eigenvalue weighted by Gasteiger charge is 2.13. The van der Waals surface area contributed by atoms with E-state index in [4.69, 9.17) is 0 Å². The van der Waals surface area contributed by atoms with E-state index in [1.807, 2.05) is 36.5 Å². The normalized spacial score (nSPS) is 13.8. The van der Waals surface area contributed by atoms with Crippen molar-refractivity contribution in [2.24, 2.45) is 0 Å². The van der Waals surface area contributed by atoms with Gasteiger partial charge in [0.25, 0.3) is 11.5 Å². The molecule has 2 aromatic heterocycles. The minimum Gasteiger partial charge on any atom is -0.372 e. The molecule has 4 rings (SSSR count). The van der Waals surface area contributed by atoms with Gasteiger partial charge in [-0.3, -0.25) is 14.6 Å². The average molecular weight is 402 g/mol. The number of aromatic nitrogens is 2. The fourth-order valence-corrected chi connectivity index (χ4v) is 3.75. The molecule has 1 aliphatic rings. The molecule has 1 aromatic carbocycles. The number of carbonyl (C=O) groups is 1. The number of hydrogen-bond acceptors (Lipinski definition) is 4. The predicted octanol–water partition coefficient (Wildman–Crippen LogP) is 4.24. The van der Waals surface area contributed by atoms with E-state index in [0.29, 0.717) is 5.56 Å². The first-order chi connectivity index (χ1) is 14.6. The maximum absolute atomic E-state index is 12.7. The second kappa shape index (κ2) is 8.95. The number of carbonyl (C=O) groups excluding carboxylic acids is 1. The Kier molecular flexibility index (Phi) is 5.93. The Bertz CT molecular complexity index is 1080. The number of nitrogens with zero attached hydrogens (tertiary/aromatic N) is 2. The van der Waals surface area contributed by atoms with Crippen LogP contribution >= 0.6 is 0 Å². The lowest BCUT2D eigenvalue weighted by molar-refractivity contribution is 0.102. The number of H-pyrrole nitrogens is 1. The fraction of sp³-hybridized carbons (Fsp3) is 0.292. The van der Waals surface area contributed by atoms with Gasteiger partial charge in [-0.25, -0.2) is 0 Å². The maximum Gasteiger partial charge on any atom is 0.271 e. The molecule has 1 aliphatic heterocycles. The van der Waals surface area contributed by atoms with Crippen LogP contribution in [-0.4, -0.2) is 29.0 Å². The van der Waals surface area contributed by atoms with Crippen molar-refractivity contribution in [1.29, 1.82) is 0 Å². The summed E-state index contributed by atoms with van der Waals surface area (Å²) in [5.41, 5.74) is 4.35. The highest BCUT2D eigenvalue weighted by atomic mass is 16.2. The lowest BCUT2D eigenvalue weighted by atomic mass is 10.1. The van der Waals surface area contributed by atoms with Gasteiger partial charge in [0.15, 0.2) is 0 Å². The van der Waals surface area contributed by atoms with Gasteiger partial charge in [-0.2, -0.15) is 0 Å². The molecule has 1 saturated heterocycles. The number of benzene rings is 1. The Morgan fingerprint density at radius 3 is 2.57 bits per heavy atom. The molecule has 6 heteroatoms. The standard InChI is InChI=1S/C24H26N4O2/c1-2-17-12-19(15-25-14-17)20-13-22(24(30)26-16-20)27-23(29)18-6-8-21(9-7-18)28-10-4-3-5-11-28/h6-9,12-16H,2-5,10-11H2,1H3,(H,26,30)(H,27,29). The molecule has 3 heterocycles. The van der Waals surface area contributed by atoms with E-state index in [9.17, 15) is 9.59 Å². The quantitative estimate of drug-likeness (QED) is 0.669. The molecule has 0 atom stereocenters. The van der Waals surface area contributed by atoms with E-state index in [-0.39, 0.29) is 17.2 Å². The Balaban J connectivity index is 1.52. The Labute approximate surface area is 176 Å². The molecular formula is C24H26N4O2. The van der Waals surface area contributed by atoms with Crippen LogP contribution in [0.15, 0.2) is 59.8 Å². The Morgan fingerprint density at radius 1 is 1.07 bits per heavy atom. The van der Waals surface area contributed by atoms with Crippen LogP contribution in [0.1, 0.15) is 42.1 Å². The van der Waals surface area contributed by atoms with E-state index in [1.54, 1.807) is 18.5 Å². The van der Waals surface area contributed by atoms with Crippen molar-refractivity contribution >= 4 is 17.3 Å². The van der Waals surface area contributed by atoms with Gasteiger partial charge in [-0.1, -0.05) is 6.92 Å². The van der Waals surface area contributed by atoms with Crippen LogP contribution in [0.25, 0.3) is 11.1 Å². The van der Waals surface area contributed by atoms with Crippen LogP contribution in [0.2, 0.25) is 0 Å². The van der Waals surface area contributed by atoms with Crippen molar-refractivity contribution < 1.29 is 4.79 Å². The molecule has 2 N–H and O–H groups in total. The van der Waals surface area contributed by atoms with Crippen molar-refractivity contribution in [1.82, 2.24) is 9.97 Å². The Hall–Kier alpha value is -3.41. The van der Waals surface area contributed by atoms with Crippen molar-refractivity contribution in [2.45, 2.75) is 32.6 Å². The van der Waals surface area contributed by atoms with Crippen molar-refractivity contribution in [3.8, 4) is 11.1 Å². The van der Waals surface area contributed by atoms with Crippen LogP contribution in [0.3, 0.4) is 0 Å². The zero-order chi connectivity index (χ0) is 20.9.